The summed E-state index contributed by atoms with van der Waals surface area (Å²) >= 11 is 1.67. The van der Waals surface area contributed by atoms with Crippen molar-refractivity contribution in [3.63, 3.8) is 0 Å². The number of rotatable bonds is 8. The van der Waals surface area contributed by atoms with Crippen LogP contribution in [-0.4, -0.2) is 82.0 Å². The number of carbonyl (C=O) groups excluding carboxylic acids is 2. The van der Waals surface area contributed by atoms with E-state index < -0.39 is 6.09 Å². The molecule has 0 aliphatic carbocycles. The molecule has 2 aliphatic rings. The highest BCUT2D eigenvalue weighted by atomic mass is 32.1. The van der Waals surface area contributed by atoms with Crippen molar-refractivity contribution in [1.29, 1.82) is 0 Å². The van der Waals surface area contributed by atoms with E-state index in [-0.39, 0.29) is 11.8 Å². The van der Waals surface area contributed by atoms with E-state index in [9.17, 15) is 9.59 Å². The number of nitrogens with one attached hydrogen (secondary N) is 1. The standard InChI is InChI=1S/C29H36N6O3S/c1-22-4-2-3-13-35(22)21-23-5-7-24(8-6-23)28(36)32-25-9-10-26(31-20-25)38-29(37)34-17-15-33(16-18-34)14-11-27-30-12-19-39-27/h5-10,12,19-20,22H,2-4,11,13-18,21H2,1H3,(H,32,36). The number of likely N-dealkylation sites (tertiary alicyclic amines) is 1. The van der Waals surface area contributed by atoms with Crippen LogP contribution in [-0.2, 0) is 13.0 Å². The van der Waals surface area contributed by atoms with E-state index in [4.69, 9.17) is 4.74 Å². The van der Waals surface area contributed by atoms with Gasteiger partial charge in [0.1, 0.15) is 0 Å². The highest BCUT2D eigenvalue weighted by Crippen LogP contribution is 2.20. The van der Waals surface area contributed by atoms with Gasteiger partial charge >= 0.3 is 6.09 Å². The number of thiazole rings is 1. The van der Waals surface area contributed by atoms with Crippen molar-refractivity contribution in [2.24, 2.45) is 0 Å². The molecule has 1 atom stereocenters. The lowest BCUT2D eigenvalue weighted by atomic mass is 10.0. The zero-order valence-electron chi connectivity index (χ0n) is 22.4. The Morgan fingerprint density at radius 3 is 2.54 bits per heavy atom. The molecular formula is C29H36N6O3S. The molecule has 2 saturated heterocycles. The van der Waals surface area contributed by atoms with Crippen molar-refractivity contribution in [3.8, 4) is 5.88 Å². The fourth-order valence-corrected chi connectivity index (χ4v) is 5.65. The van der Waals surface area contributed by atoms with Gasteiger partial charge in [-0.3, -0.25) is 14.6 Å². The minimum atomic E-state index is -0.405. The predicted molar refractivity (Wildman–Crippen MR) is 152 cm³/mol. The van der Waals surface area contributed by atoms with Gasteiger partial charge in [0.25, 0.3) is 5.91 Å². The Hall–Kier alpha value is -3.34. The molecule has 0 bridgehead atoms. The summed E-state index contributed by atoms with van der Waals surface area (Å²) in [4.78, 5) is 40.4. The van der Waals surface area contributed by atoms with Crippen LogP contribution in [0, 0.1) is 0 Å². The van der Waals surface area contributed by atoms with Gasteiger partial charge in [0.05, 0.1) is 16.9 Å². The van der Waals surface area contributed by atoms with Crippen LogP contribution in [0.1, 0.15) is 47.1 Å². The summed E-state index contributed by atoms with van der Waals surface area (Å²) in [7, 11) is 0. The van der Waals surface area contributed by atoms with E-state index in [1.54, 1.807) is 28.4 Å². The van der Waals surface area contributed by atoms with Crippen LogP contribution < -0.4 is 10.1 Å². The molecule has 0 saturated carbocycles. The molecule has 39 heavy (non-hydrogen) atoms. The molecule has 3 aromatic rings. The Morgan fingerprint density at radius 2 is 1.85 bits per heavy atom. The molecule has 0 radical (unpaired) electrons. The Labute approximate surface area is 233 Å². The van der Waals surface area contributed by atoms with Gasteiger partial charge < -0.3 is 15.0 Å². The number of nitrogens with zero attached hydrogens (tertiary/aromatic N) is 5. The van der Waals surface area contributed by atoms with Crippen LogP contribution in [0.5, 0.6) is 5.88 Å². The first kappa shape index (κ1) is 27.2. The summed E-state index contributed by atoms with van der Waals surface area (Å²) in [6, 6.07) is 11.7. The molecule has 9 nitrogen and oxygen atoms in total. The number of piperazine rings is 1. The normalized spacial score (nSPS) is 18.6. The van der Waals surface area contributed by atoms with Crippen molar-refractivity contribution in [3.05, 3.63) is 70.3 Å². The topological polar surface area (TPSA) is 90.9 Å². The van der Waals surface area contributed by atoms with Gasteiger partial charge in [-0.1, -0.05) is 18.6 Å². The molecular weight excluding hydrogens is 512 g/mol. The van der Waals surface area contributed by atoms with Crippen molar-refractivity contribution in [2.45, 2.75) is 45.2 Å². The fourth-order valence-electron chi connectivity index (χ4n) is 5.04. The molecule has 2 amide bonds. The van der Waals surface area contributed by atoms with E-state index in [1.165, 1.54) is 31.0 Å². The SMILES string of the molecule is CC1CCCCN1Cc1ccc(C(=O)Nc2ccc(OC(=O)N3CCN(CCc4nccs4)CC3)nc2)cc1. The third-order valence-electron chi connectivity index (χ3n) is 7.48. The first-order valence-electron chi connectivity index (χ1n) is 13.7. The Balaban J connectivity index is 1.05. The molecule has 2 fully saturated rings. The largest absolute Gasteiger partial charge is 0.416 e. The first-order chi connectivity index (χ1) is 19.0. The average molecular weight is 549 g/mol. The monoisotopic (exact) mass is 548 g/mol. The number of amides is 2. The predicted octanol–water partition coefficient (Wildman–Crippen LogP) is 4.52. The molecule has 1 unspecified atom stereocenters. The maximum Gasteiger partial charge on any atom is 0.416 e. The number of piperidine rings is 1. The van der Waals surface area contributed by atoms with Gasteiger partial charge in [-0.2, -0.15) is 0 Å². The fraction of sp³-hybridized carbons (Fsp3) is 0.448. The Morgan fingerprint density at radius 1 is 1.03 bits per heavy atom. The lowest BCUT2D eigenvalue weighted by Crippen LogP contribution is -2.49. The number of aromatic nitrogens is 2. The second kappa shape index (κ2) is 13.1. The maximum atomic E-state index is 12.7. The van der Waals surface area contributed by atoms with E-state index in [1.807, 2.05) is 35.8 Å². The van der Waals surface area contributed by atoms with Crippen LogP contribution in [0.4, 0.5) is 10.5 Å². The van der Waals surface area contributed by atoms with Gasteiger partial charge in [0, 0.05) is 74.9 Å². The summed E-state index contributed by atoms with van der Waals surface area (Å²) in [5.74, 6) is 0.00709. The smallest absolute Gasteiger partial charge is 0.391 e. The van der Waals surface area contributed by atoms with Crippen molar-refractivity contribution < 1.29 is 14.3 Å². The van der Waals surface area contributed by atoms with Gasteiger partial charge in [-0.05, 0) is 50.1 Å². The third-order valence-corrected chi connectivity index (χ3v) is 8.32. The summed E-state index contributed by atoms with van der Waals surface area (Å²) in [5, 5.41) is 6.00. The van der Waals surface area contributed by atoms with Crippen LogP contribution in [0.25, 0.3) is 0 Å². The van der Waals surface area contributed by atoms with Gasteiger partial charge in [-0.25, -0.2) is 14.8 Å². The number of hydrogen-bond acceptors (Lipinski definition) is 8. The number of carbonyl (C=O) groups is 2. The average Bonchev–Trinajstić information content (AvgIpc) is 3.49. The number of ether oxygens (including phenoxy) is 1. The summed E-state index contributed by atoms with van der Waals surface area (Å²) in [6.45, 7) is 8.10. The Kier molecular flexibility index (Phi) is 9.18. The number of anilines is 1. The summed E-state index contributed by atoms with van der Waals surface area (Å²) in [5.41, 5.74) is 2.34. The minimum Gasteiger partial charge on any atom is -0.391 e. The van der Waals surface area contributed by atoms with Crippen molar-refractivity contribution in [2.75, 3.05) is 44.6 Å². The number of pyridine rings is 1. The third kappa shape index (κ3) is 7.62. The molecule has 0 spiro atoms. The molecule has 1 aromatic carbocycles. The molecule has 206 valence electrons. The lowest BCUT2D eigenvalue weighted by molar-refractivity contribution is 0.102. The molecule has 2 aliphatic heterocycles. The van der Waals surface area contributed by atoms with E-state index in [0.717, 1.165) is 44.2 Å². The summed E-state index contributed by atoms with van der Waals surface area (Å²) in [6.07, 6.45) is 7.67. The minimum absolute atomic E-state index is 0.202. The molecule has 2 aromatic heterocycles. The van der Waals surface area contributed by atoms with E-state index in [0.29, 0.717) is 30.4 Å². The highest BCUT2D eigenvalue weighted by molar-refractivity contribution is 7.09. The Bertz CT molecular complexity index is 1210. The van der Waals surface area contributed by atoms with Crippen molar-refractivity contribution >= 4 is 29.0 Å². The maximum absolute atomic E-state index is 12.7. The molecule has 4 heterocycles. The molecule has 5 rings (SSSR count). The first-order valence-corrected chi connectivity index (χ1v) is 14.6. The number of hydrogen-bond donors (Lipinski definition) is 1. The van der Waals surface area contributed by atoms with Crippen molar-refractivity contribution in [1.82, 2.24) is 24.7 Å². The van der Waals surface area contributed by atoms with Crippen LogP contribution in [0.15, 0.2) is 54.2 Å². The van der Waals surface area contributed by atoms with Gasteiger partial charge in [-0.15, -0.1) is 11.3 Å². The van der Waals surface area contributed by atoms with Crippen LogP contribution >= 0.6 is 11.3 Å². The number of benzene rings is 1. The molecule has 10 heteroatoms. The van der Waals surface area contributed by atoms with E-state index >= 15 is 0 Å². The van der Waals surface area contributed by atoms with E-state index in [2.05, 4.69) is 32.0 Å². The second-order valence-electron chi connectivity index (χ2n) is 10.2. The van der Waals surface area contributed by atoms with Crippen LogP contribution in [0.2, 0.25) is 0 Å². The van der Waals surface area contributed by atoms with Crippen LogP contribution in [0.3, 0.4) is 0 Å². The zero-order chi connectivity index (χ0) is 27.0. The summed E-state index contributed by atoms with van der Waals surface area (Å²) < 4.78 is 5.47. The second-order valence-corrected chi connectivity index (χ2v) is 11.2. The zero-order valence-corrected chi connectivity index (χ0v) is 23.2. The molecule has 1 N–H and O–H groups in total. The highest BCUT2D eigenvalue weighted by Gasteiger charge is 2.23. The van der Waals surface area contributed by atoms with Gasteiger partial charge in [0.15, 0.2) is 0 Å². The quantitative estimate of drug-likeness (QED) is 0.443. The van der Waals surface area contributed by atoms with Gasteiger partial charge in [0.2, 0.25) is 5.88 Å². The lowest BCUT2D eigenvalue weighted by Gasteiger charge is -2.33.